The van der Waals surface area contributed by atoms with Gasteiger partial charge in [0.25, 0.3) is 0 Å². The SMILES string of the molecule is CCn1c(Cc2ccnn2-c2cccc(Cl)c2)nc2cc(/C(C)=N/OC3CCCCO3)ccc21. The quantitative estimate of drug-likeness (QED) is 0.251. The molecule has 176 valence electrons. The molecule has 1 fully saturated rings. The number of hydrogen-bond donors (Lipinski definition) is 0. The van der Waals surface area contributed by atoms with Gasteiger partial charge in [0.2, 0.25) is 6.29 Å². The fraction of sp³-hybridized carbons (Fsp3) is 0.346. The van der Waals surface area contributed by atoms with Crippen molar-refractivity contribution in [1.29, 1.82) is 0 Å². The van der Waals surface area contributed by atoms with Gasteiger partial charge in [-0.2, -0.15) is 5.10 Å². The van der Waals surface area contributed by atoms with Crippen molar-refractivity contribution < 1.29 is 9.57 Å². The van der Waals surface area contributed by atoms with Gasteiger partial charge >= 0.3 is 0 Å². The summed E-state index contributed by atoms with van der Waals surface area (Å²) in [5.41, 5.74) is 5.81. The molecular formula is C26H28ClN5O2. The summed E-state index contributed by atoms with van der Waals surface area (Å²) in [7, 11) is 0. The Morgan fingerprint density at radius 2 is 2.12 bits per heavy atom. The Hall–Kier alpha value is -3.16. The van der Waals surface area contributed by atoms with Crippen LogP contribution < -0.4 is 0 Å². The van der Waals surface area contributed by atoms with Crippen molar-refractivity contribution in [3.05, 3.63) is 76.8 Å². The second-order valence-corrected chi connectivity index (χ2v) is 8.88. The van der Waals surface area contributed by atoms with Crippen LogP contribution in [0.25, 0.3) is 16.7 Å². The van der Waals surface area contributed by atoms with Gasteiger partial charge < -0.3 is 14.1 Å². The molecule has 1 aliphatic rings. The maximum atomic E-state index is 6.20. The molecule has 8 heteroatoms. The summed E-state index contributed by atoms with van der Waals surface area (Å²) in [4.78, 5) is 10.6. The van der Waals surface area contributed by atoms with E-state index in [0.29, 0.717) is 11.4 Å². The smallest absolute Gasteiger partial charge is 0.226 e. The van der Waals surface area contributed by atoms with E-state index in [4.69, 9.17) is 26.2 Å². The van der Waals surface area contributed by atoms with Crippen molar-refractivity contribution >= 4 is 28.3 Å². The summed E-state index contributed by atoms with van der Waals surface area (Å²) in [6.45, 7) is 5.65. The largest absolute Gasteiger partial charge is 0.363 e. The predicted octanol–water partition coefficient (Wildman–Crippen LogP) is 5.75. The maximum absolute atomic E-state index is 6.20. The number of ether oxygens (including phenoxy) is 1. The first-order chi connectivity index (χ1) is 16.6. The van der Waals surface area contributed by atoms with E-state index in [2.05, 4.69) is 39.9 Å². The minimum Gasteiger partial charge on any atom is -0.363 e. The van der Waals surface area contributed by atoms with Gasteiger partial charge in [0.1, 0.15) is 5.82 Å². The molecule has 0 N–H and O–H groups in total. The molecule has 3 heterocycles. The van der Waals surface area contributed by atoms with E-state index in [1.54, 1.807) is 0 Å². The highest BCUT2D eigenvalue weighted by atomic mass is 35.5. The molecule has 5 rings (SSSR count). The lowest BCUT2D eigenvalue weighted by Crippen LogP contribution is -2.20. The van der Waals surface area contributed by atoms with E-state index < -0.39 is 0 Å². The third-order valence-electron chi connectivity index (χ3n) is 6.12. The van der Waals surface area contributed by atoms with Crippen molar-refractivity contribution in [3.63, 3.8) is 0 Å². The highest BCUT2D eigenvalue weighted by molar-refractivity contribution is 6.30. The van der Waals surface area contributed by atoms with Gasteiger partial charge in [-0.15, -0.1) is 0 Å². The van der Waals surface area contributed by atoms with E-state index in [0.717, 1.165) is 71.9 Å². The lowest BCUT2D eigenvalue weighted by Gasteiger charge is -2.20. The highest BCUT2D eigenvalue weighted by Crippen LogP contribution is 2.23. The molecule has 1 atom stereocenters. The molecule has 4 aromatic rings. The van der Waals surface area contributed by atoms with E-state index in [1.165, 1.54) is 0 Å². The summed E-state index contributed by atoms with van der Waals surface area (Å²) >= 11 is 6.20. The Labute approximate surface area is 203 Å². The van der Waals surface area contributed by atoms with Crippen LogP contribution in [0.15, 0.2) is 59.9 Å². The molecule has 1 saturated heterocycles. The fourth-order valence-electron chi connectivity index (χ4n) is 4.34. The predicted molar refractivity (Wildman–Crippen MR) is 134 cm³/mol. The van der Waals surface area contributed by atoms with Gasteiger partial charge in [0.15, 0.2) is 0 Å². The topological polar surface area (TPSA) is 66.5 Å². The number of fused-ring (bicyclic) bond motifs is 1. The van der Waals surface area contributed by atoms with E-state index in [9.17, 15) is 0 Å². The Morgan fingerprint density at radius 3 is 2.91 bits per heavy atom. The molecule has 0 radical (unpaired) electrons. The van der Waals surface area contributed by atoms with Crippen LogP contribution in [-0.4, -0.2) is 37.9 Å². The van der Waals surface area contributed by atoms with Crippen LogP contribution in [0.1, 0.15) is 50.2 Å². The Morgan fingerprint density at radius 1 is 1.21 bits per heavy atom. The number of hydrogen-bond acceptors (Lipinski definition) is 5. The standard InChI is InChI=1S/C26H28ClN5O2/c1-3-31-24-11-10-19(18(2)30-34-26-9-4-5-14-33-26)15-23(24)29-25(31)17-22-12-13-28-32(22)21-8-6-7-20(27)16-21/h6-8,10-13,15-16,26H,3-5,9,14,17H2,1-2H3/b30-18+. The normalized spacial score (nSPS) is 16.8. The number of rotatable bonds is 7. The number of benzene rings is 2. The Bertz CT molecular complexity index is 1320. The Kier molecular flexibility index (Phi) is 6.65. The van der Waals surface area contributed by atoms with E-state index in [-0.39, 0.29) is 6.29 Å². The monoisotopic (exact) mass is 477 g/mol. The van der Waals surface area contributed by atoms with Crippen LogP contribution in [0.4, 0.5) is 0 Å². The number of halogens is 1. The molecular weight excluding hydrogens is 450 g/mol. The van der Waals surface area contributed by atoms with Gasteiger partial charge in [0.05, 0.1) is 34.7 Å². The number of imidazole rings is 1. The molecule has 1 aliphatic heterocycles. The van der Waals surface area contributed by atoms with Crippen LogP contribution in [-0.2, 0) is 22.5 Å². The molecule has 1 unspecified atom stereocenters. The average Bonchev–Trinajstić information content (AvgIpc) is 3.46. The van der Waals surface area contributed by atoms with Crippen LogP contribution >= 0.6 is 11.6 Å². The lowest BCUT2D eigenvalue weighted by molar-refractivity contribution is -0.162. The lowest BCUT2D eigenvalue weighted by atomic mass is 10.1. The molecule has 0 spiro atoms. The summed E-state index contributed by atoms with van der Waals surface area (Å²) in [5.74, 6) is 0.986. The third kappa shape index (κ3) is 4.72. The molecule has 2 aromatic heterocycles. The first-order valence-corrected chi connectivity index (χ1v) is 12.1. The minimum absolute atomic E-state index is 0.248. The van der Waals surface area contributed by atoms with Crippen molar-refractivity contribution in [1.82, 2.24) is 19.3 Å². The molecule has 0 bridgehead atoms. The molecule has 0 saturated carbocycles. The molecule has 34 heavy (non-hydrogen) atoms. The van der Waals surface area contributed by atoms with Gasteiger partial charge in [-0.05, 0) is 63.1 Å². The fourth-order valence-corrected chi connectivity index (χ4v) is 4.53. The van der Waals surface area contributed by atoms with Crippen molar-refractivity contribution in [2.45, 2.75) is 52.4 Å². The van der Waals surface area contributed by atoms with E-state index in [1.807, 2.05) is 48.1 Å². The minimum atomic E-state index is -0.248. The van der Waals surface area contributed by atoms with Gasteiger partial charge in [-0.1, -0.05) is 28.9 Å². The van der Waals surface area contributed by atoms with Gasteiger partial charge in [-0.25, -0.2) is 9.67 Å². The Balaban J connectivity index is 1.41. The van der Waals surface area contributed by atoms with Crippen molar-refractivity contribution in [2.75, 3.05) is 6.61 Å². The second-order valence-electron chi connectivity index (χ2n) is 8.45. The van der Waals surface area contributed by atoms with Gasteiger partial charge in [-0.3, -0.25) is 0 Å². The molecule has 0 aliphatic carbocycles. The average molecular weight is 478 g/mol. The van der Waals surface area contributed by atoms with Crippen molar-refractivity contribution in [2.24, 2.45) is 5.16 Å². The van der Waals surface area contributed by atoms with Crippen molar-refractivity contribution in [3.8, 4) is 5.69 Å². The maximum Gasteiger partial charge on any atom is 0.226 e. The summed E-state index contributed by atoms with van der Waals surface area (Å²) in [5, 5.41) is 9.52. The molecule has 0 amide bonds. The molecule has 2 aromatic carbocycles. The zero-order valence-electron chi connectivity index (χ0n) is 19.4. The van der Waals surface area contributed by atoms with E-state index >= 15 is 0 Å². The van der Waals surface area contributed by atoms with Crippen LogP contribution in [0.2, 0.25) is 5.02 Å². The number of aryl methyl sites for hydroxylation is 1. The number of aromatic nitrogens is 4. The summed E-state index contributed by atoms with van der Waals surface area (Å²) in [6, 6.07) is 16.0. The molecule has 7 nitrogen and oxygen atoms in total. The summed E-state index contributed by atoms with van der Waals surface area (Å²) in [6.07, 6.45) is 5.29. The number of nitrogens with zero attached hydrogens (tertiary/aromatic N) is 5. The highest BCUT2D eigenvalue weighted by Gasteiger charge is 2.16. The zero-order valence-corrected chi connectivity index (χ0v) is 20.2. The van der Waals surface area contributed by atoms with Crippen LogP contribution in [0.5, 0.6) is 0 Å². The van der Waals surface area contributed by atoms with Crippen LogP contribution in [0, 0.1) is 0 Å². The third-order valence-corrected chi connectivity index (χ3v) is 6.35. The first kappa shape index (κ1) is 22.6. The van der Waals surface area contributed by atoms with Gasteiger partial charge in [0, 0.05) is 36.2 Å². The van der Waals surface area contributed by atoms with Crippen LogP contribution in [0.3, 0.4) is 0 Å². The number of oxime groups is 1. The summed E-state index contributed by atoms with van der Waals surface area (Å²) < 4.78 is 9.76. The first-order valence-electron chi connectivity index (χ1n) is 11.7. The zero-order chi connectivity index (χ0) is 23.5. The second kappa shape index (κ2) is 9.99.